The lowest BCUT2D eigenvalue weighted by atomic mass is 9.68. The molecule has 12 aromatic carbocycles. The Balaban J connectivity index is 1.07. The van der Waals surface area contributed by atoms with Crippen LogP contribution in [0.4, 0.5) is 17.1 Å². The Morgan fingerprint density at radius 2 is 0.841 bits per heavy atom. The Morgan fingerprint density at radius 1 is 0.319 bits per heavy atom. The lowest BCUT2D eigenvalue weighted by Crippen LogP contribution is -2.28. The molecule has 14 rings (SSSR count). The highest BCUT2D eigenvalue weighted by molar-refractivity contribution is 7.26. The molecule has 0 aliphatic heterocycles. The molecule has 0 N–H and O–H groups in total. The Hall–Kier alpha value is -8.56. The average molecular weight is 894 g/mol. The number of benzene rings is 12. The maximum absolute atomic E-state index is 2.56. The van der Waals surface area contributed by atoms with Crippen molar-refractivity contribution in [3.8, 4) is 33.4 Å². The lowest BCUT2D eigenvalue weighted by molar-refractivity contribution is 0.768. The molecule has 1 aromatic heterocycles. The molecule has 0 unspecified atom stereocenters. The highest BCUT2D eigenvalue weighted by atomic mass is 32.1. The molecule has 1 nitrogen and oxygen atoms in total. The van der Waals surface area contributed by atoms with E-state index in [1.807, 2.05) is 11.3 Å². The molecular formula is C67H43NS. The van der Waals surface area contributed by atoms with Crippen molar-refractivity contribution in [1.82, 2.24) is 0 Å². The summed E-state index contributed by atoms with van der Waals surface area (Å²) in [4.78, 5) is 2.56. The summed E-state index contributed by atoms with van der Waals surface area (Å²) < 4.78 is 2.63. The largest absolute Gasteiger partial charge is 0.309 e. The van der Waals surface area contributed by atoms with Crippen LogP contribution < -0.4 is 4.90 Å². The van der Waals surface area contributed by atoms with Crippen molar-refractivity contribution in [2.24, 2.45) is 0 Å². The molecule has 69 heavy (non-hydrogen) atoms. The fourth-order valence-corrected chi connectivity index (χ4v) is 13.1. The smallest absolute Gasteiger partial charge is 0.0713 e. The van der Waals surface area contributed by atoms with E-state index in [0.717, 1.165) is 17.1 Å². The van der Waals surface area contributed by atoms with E-state index < -0.39 is 5.41 Å². The summed E-state index contributed by atoms with van der Waals surface area (Å²) in [6.07, 6.45) is 0. The summed E-state index contributed by atoms with van der Waals surface area (Å²) in [5, 5.41) is 9.95. The first-order chi connectivity index (χ1) is 34.3. The van der Waals surface area contributed by atoms with Gasteiger partial charge < -0.3 is 4.90 Å². The van der Waals surface area contributed by atoms with Crippen LogP contribution in [0, 0.1) is 0 Å². The SMILES string of the molecule is c1ccc(C2(c3ccccc3)c3ccccc3-c3cc(N(c4ccc(-c5cccc6c5sc5ccccc56)cc4)c4c(-c5cccc6ccccc56)c5ccccc5c5ccccc45)ccc32)cc1. The van der Waals surface area contributed by atoms with E-state index in [1.54, 1.807) is 0 Å². The van der Waals surface area contributed by atoms with Gasteiger partial charge in [-0.2, -0.15) is 0 Å². The third-order valence-corrected chi connectivity index (χ3v) is 15.9. The van der Waals surface area contributed by atoms with Crippen LogP contribution in [0.5, 0.6) is 0 Å². The van der Waals surface area contributed by atoms with Crippen LogP contribution in [0.15, 0.2) is 261 Å². The molecule has 0 fully saturated rings. The maximum atomic E-state index is 2.56. The van der Waals surface area contributed by atoms with Crippen molar-refractivity contribution in [2.75, 3.05) is 4.90 Å². The van der Waals surface area contributed by atoms with Crippen LogP contribution in [-0.4, -0.2) is 0 Å². The number of anilines is 3. The first-order valence-corrected chi connectivity index (χ1v) is 24.7. The van der Waals surface area contributed by atoms with Crippen molar-refractivity contribution in [1.29, 1.82) is 0 Å². The molecule has 0 saturated heterocycles. The third kappa shape index (κ3) is 5.96. The van der Waals surface area contributed by atoms with Crippen molar-refractivity contribution < 1.29 is 0 Å². The third-order valence-electron chi connectivity index (χ3n) is 14.7. The second-order valence-electron chi connectivity index (χ2n) is 18.3. The molecule has 0 saturated carbocycles. The van der Waals surface area contributed by atoms with Crippen LogP contribution in [-0.2, 0) is 5.41 Å². The summed E-state index contributed by atoms with van der Waals surface area (Å²) in [6.45, 7) is 0. The molecule has 322 valence electrons. The van der Waals surface area contributed by atoms with Gasteiger partial charge in [-0.15, -0.1) is 11.3 Å². The van der Waals surface area contributed by atoms with E-state index in [1.165, 1.54) is 108 Å². The molecule has 0 radical (unpaired) electrons. The van der Waals surface area contributed by atoms with Gasteiger partial charge in [-0.3, -0.25) is 0 Å². The van der Waals surface area contributed by atoms with Gasteiger partial charge in [0.2, 0.25) is 0 Å². The van der Waals surface area contributed by atoms with Gasteiger partial charge in [0.1, 0.15) is 0 Å². The van der Waals surface area contributed by atoms with Gasteiger partial charge >= 0.3 is 0 Å². The van der Waals surface area contributed by atoms with Crippen LogP contribution >= 0.6 is 11.3 Å². The summed E-state index contributed by atoms with van der Waals surface area (Å²) in [7, 11) is 0. The zero-order valence-corrected chi connectivity index (χ0v) is 38.5. The molecule has 0 amide bonds. The molecule has 13 aromatic rings. The van der Waals surface area contributed by atoms with Gasteiger partial charge in [0.25, 0.3) is 0 Å². The van der Waals surface area contributed by atoms with Crippen LogP contribution in [0.2, 0.25) is 0 Å². The molecule has 0 spiro atoms. The quantitative estimate of drug-likeness (QED) is 0.144. The number of hydrogen-bond donors (Lipinski definition) is 0. The standard InChI is InChI=1S/C67H43NS/c1-3-21-46(22-4-1)67(47-23-5-2-6-24-47)61-35-15-13-28-54(61)60-43-49(41-42-62(60)67)68(48-39-37-45(38-40-48)51-32-18-34-59-55-29-14-16-36-63(55)69-66(51)59)65-58-31-12-10-27-53(58)52-26-9-11-30-57(52)64(65)56-33-17-20-44-19-7-8-25-50(44)56/h1-43H. The van der Waals surface area contributed by atoms with E-state index in [4.69, 9.17) is 0 Å². The van der Waals surface area contributed by atoms with Gasteiger partial charge in [-0.05, 0) is 107 Å². The highest BCUT2D eigenvalue weighted by Gasteiger charge is 2.46. The second kappa shape index (κ2) is 15.8. The predicted octanol–water partition coefficient (Wildman–Crippen LogP) is 18.7. The molecule has 2 heteroatoms. The minimum atomic E-state index is -0.503. The van der Waals surface area contributed by atoms with E-state index in [-0.39, 0.29) is 0 Å². The summed E-state index contributed by atoms with van der Waals surface area (Å²) in [5.74, 6) is 0. The molecule has 1 heterocycles. The van der Waals surface area contributed by atoms with Crippen LogP contribution in [0.1, 0.15) is 22.3 Å². The lowest BCUT2D eigenvalue weighted by Gasteiger charge is -2.34. The Morgan fingerprint density at radius 3 is 1.61 bits per heavy atom. The number of nitrogens with zero attached hydrogens (tertiary/aromatic N) is 1. The average Bonchev–Trinajstić information content (AvgIpc) is 3.96. The first kappa shape index (κ1) is 39.6. The second-order valence-corrected chi connectivity index (χ2v) is 19.3. The Labute approximate surface area is 405 Å². The summed E-state index contributed by atoms with van der Waals surface area (Å²) in [5.41, 5.74) is 15.3. The number of hydrogen-bond acceptors (Lipinski definition) is 2. The molecule has 1 aliphatic rings. The number of rotatable bonds is 7. The highest BCUT2D eigenvalue weighted by Crippen LogP contribution is 2.58. The first-order valence-electron chi connectivity index (χ1n) is 23.8. The molecule has 0 bridgehead atoms. The molecule has 1 aliphatic carbocycles. The van der Waals surface area contributed by atoms with Gasteiger partial charge in [0.15, 0.2) is 0 Å². The van der Waals surface area contributed by atoms with Crippen LogP contribution in [0.25, 0.3) is 85.9 Å². The minimum Gasteiger partial charge on any atom is -0.309 e. The normalized spacial score (nSPS) is 12.8. The molecular weight excluding hydrogens is 851 g/mol. The summed E-state index contributed by atoms with van der Waals surface area (Å²) >= 11 is 1.88. The van der Waals surface area contributed by atoms with E-state index in [9.17, 15) is 0 Å². The zero-order valence-electron chi connectivity index (χ0n) is 37.7. The zero-order chi connectivity index (χ0) is 45.5. The number of fused-ring (bicyclic) bond motifs is 10. The Kier molecular flexibility index (Phi) is 9.05. The van der Waals surface area contributed by atoms with E-state index in [2.05, 4.69) is 266 Å². The topological polar surface area (TPSA) is 3.24 Å². The fraction of sp³-hybridized carbons (Fsp3) is 0.0149. The summed E-state index contributed by atoms with van der Waals surface area (Å²) in [6, 6.07) is 97.1. The van der Waals surface area contributed by atoms with E-state index in [0.29, 0.717) is 0 Å². The van der Waals surface area contributed by atoms with Crippen molar-refractivity contribution in [3.63, 3.8) is 0 Å². The van der Waals surface area contributed by atoms with Gasteiger partial charge in [0.05, 0.1) is 11.1 Å². The Bertz CT molecular complexity index is 4080. The van der Waals surface area contributed by atoms with Crippen molar-refractivity contribution in [2.45, 2.75) is 5.41 Å². The minimum absolute atomic E-state index is 0.503. The van der Waals surface area contributed by atoms with Crippen molar-refractivity contribution in [3.05, 3.63) is 283 Å². The van der Waals surface area contributed by atoms with Gasteiger partial charge in [-0.25, -0.2) is 0 Å². The van der Waals surface area contributed by atoms with Crippen LogP contribution in [0.3, 0.4) is 0 Å². The van der Waals surface area contributed by atoms with Crippen molar-refractivity contribution >= 4 is 80.9 Å². The van der Waals surface area contributed by atoms with Gasteiger partial charge in [-0.1, -0.05) is 231 Å². The monoisotopic (exact) mass is 893 g/mol. The molecule has 0 atom stereocenters. The number of thiophene rings is 1. The van der Waals surface area contributed by atoms with Gasteiger partial charge in [0, 0.05) is 42.5 Å². The van der Waals surface area contributed by atoms with E-state index >= 15 is 0 Å². The fourth-order valence-electron chi connectivity index (χ4n) is 11.8. The maximum Gasteiger partial charge on any atom is 0.0713 e. The predicted molar refractivity (Wildman–Crippen MR) is 295 cm³/mol.